The quantitative estimate of drug-likeness (QED) is 0.0544. The molecule has 0 aliphatic carbocycles. The average Bonchev–Trinajstić information content (AvgIpc) is 3.62. The molecule has 1 saturated heterocycles. The van der Waals surface area contributed by atoms with E-state index in [9.17, 15) is 19.1 Å². The number of carbonyl (C=O) groups excluding carboxylic acids is 2. The van der Waals surface area contributed by atoms with Crippen molar-refractivity contribution >= 4 is 61.6 Å². The predicted molar refractivity (Wildman–Crippen MR) is 177 cm³/mol. The number of nitrogens with zero attached hydrogens (tertiary/aromatic N) is 3. The Morgan fingerprint density at radius 2 is 1.64 bits per heavy atom. The fourth-order valence-corrected chi connectivity index (χ4v) is 7.02. The number of hydrogen-bond donors (Lipinski definition) is 1. The van der Waals surface area contributed by atoms with Crippen LogP contribution in [-0.4, -0.2) is 27.0 Å². The van der Waals surface area contributed by atoms with Gasteiger partial charge in [-0.3, -0.25) is 14.5 Å². The van der Waals surface area contributed by atoms with Gasteiger partial charge in [0.2, 0.25) is 5.13 Å². The number of ketones is 1. The molecule has 1 aliphatic heterocycles. The van der Waals surface area contributed by atoms with Crippen LogP contribution in [0.5, 0.6) is 5.75 Å². The Labute approximate surface area is 275 Å². The second-order valence-electron chi connectivity index (χ2n) is 10.2. The molecule has 0 saturated carbocycles. The largest absolute Gasteiger partial charge is 0.507 e. The lowest BCUT2D eigenvalue weighted by molar-refractivity contribution is -0.132. The number of aliphatic hydroxyl groups is 1. The number of thioether (sulfide) groups is 1. The SMILES string of the molecule is Cc1ccccc1COc1ccc(/C(O)=C2\C(=O)C(=O)N(c3nnc(SCc4ccccc4F)s3)C2c2ccc(Br)cc2)cc1. The van der Waals surface area contributed by atoms with Crippen LogP contribution in [0.4, 0.5) is 9.52 Å². The summed E-state index contributed by atoms with van der Waals surface area (Å²) in [7, 11) is 0. The molecule has 1 aliphatic rings. The van der Waals surface area contributed by atoms with E-state index in [-0.39, 0.29) is 22.3 Å². The van der Waals surface area contributed by atoms with Gasteiger partial charge in [0.1, 0.15) is 23.9 Å². The van der Waals surface area contributed by atoms with Gasteiger partial charge in [0.25, 0.3) is 5.78 Å². The molecule has 11 heteroatoms. The zero-order valence-corrected chi connectivity index (χ0v) is 27.0. The lowest BCUT2D eigenvalue weighted by Gasteiger charge is -2.22. The summed E-state index contributed by atoms with van der Waals surface area (Å²) >= 11 is 5.83. The van der Waals surface area contributed by atoms with Crippen LogP contribution in [0.25, 0.3) is 5.76 Å². The molecule has 1 aromatic heterocycles. The number of ether oxygens (including phenoxy) is 1. The van der Waals surface area contributed by atoms with Crippen molar-refractivity contribution in [2.75, 3.05) is 4.90 Å². The van der Waals surface area contributed by atoms with Gasteiger partial charge in [-0.25, -0.2) is 4.39 Å². The highest BCUT2D eigenvalue weighted by atomic mass is 79.9. The first-order valence-electron chi connectivity index (χ1n) is 13.8. The van der Waals surface area contributed by atoms with Crippen LogP contribution in [0, 0.1) is 12.7 Å². The molecule has 2 heterocycles. The van der Waals surface area contributed by atoms with E-state index < -0.39 is 17.7 Å². The summed E-state index contributed by atoms with van der Waals surface area (Å²) in [6, 6.07) is 27.3. The smallest absolute Gasteiger partial charge is 0.301 e. The van der Waals surface area contributed by atoms with Crippen molar-refractivity contribution < 1.29 is 23.8 Å². The number of benzene rings is 4. The summed E-state index contributed by atoms with van der Waals surface area (Å²) in [6.45, 7) is 2.40. The van der Waals surface area contributed by atoms with E-state index in [4.69, 9.17) is 4.74 Å². The Hall–Kier alpha value is -4.32. The van der Waals surface area contributed by atoms with Crippen molar-refractivity contribution in [1.82, 2.24) is 10.2 Å². The maximum absolute atomic E-state index is 14.1. The second kappa shape index (κ2) is 13.4. The van der Waals surface area contributed by atoms with Crippen molar-refractivity contribution in [3.8, 4) is 5.75 Å². The summed E-state index contributed by atoms with van der Waals surface area (Å²) in [5, 5.41) is 20.1. The van der Waals surface area contributed by atoms with Crippen molar-refractivity contribution in [3.63, 3.8) is 0 Å². The number of carbonyl (C=O) groups is 2. The van der Waals surface area contributed by atoms with Crippen LogP contribution in [0.1, 0.15) is 33.9 Å². The van der Waals surface area contributed by atoms with E-state index in [2.05, 4.69) is 26.1 Å². The van der Waals surface area contributed by atoms with Crippen molar-refractivity contribution in [3.05, 3.63) is 141 Å². The van der Waals surface area contributed by atoms with Gasteiger partial charge in [0.05, 0.1) is 11.6 Å². The lowest BCUT2D eigenvalue weighted by atomic mass is 9.95. The minimum Gasteiger partial charge on any atom is -0.507 e. The molecule has 6 rings (SSSR count). The first-order valence-corrected chi connectivity index (χ1v) is 16.4. The highest BCUT2D eigenvalue weighted by Gasteiger charge is 2.48. The molecular formula is C34H25BrFN3O4S2. The van der Waals surface area contributed by atoms with Crippen LogP contribution in [0.3, 0.4) is 0 Å². The molecule has 0 spiro atoms. The molecule has 0 radical (unpaired) electrons. The number of amides is 1. The molecule has 1 fully saturated rings. The van der Waals surface area contributed by atoms with Gasteiger partial charge in [-0.2, -0.15) is 0 Å². The number of hydrogen-bond acceptors (Lipinski definition) is 8. The first-order chi connectivity index (χ1) is 21.8. The normalized spacial score (nSPS) is 15.9. The van der Waals surface area contributed by atoms with Gasteiger partial charge in [-0.15, -0.1) is 10.2 Å². The van der Waals surface area contributed by atoms with Crippen LogP contribution in [-0.2, 0) is 21.9 Å². The van der Waals surface area contributed by atoms with Gasteiger partial charge >= 0.3 is 5.91 Å². The monoisotopic (exact) mass is 701 g/mol. The Kier molecular flexibility index (Phi) is 9.11. The maximum atomic E-state index is 14.1. The van der Waals surface area contributed by atoms with E-state index in [1.165, 1.54) is 22.7 Å². The number of anilines is 1. The van der Waals surface area contributed by atoms with Crippen molar-refractivity contribution in [2.24, 2.45) is 0 Å². The minimum absolute atomic E-state index is 0.0633. The summed E-state index contributed by atoms with van der Waals surface area (Å²) in [5.74, 6) is -1.38. The maximum Gasteiger partial charge on any atom is 0.301 e. The minimum atomic E-state index is -0.951. The Morgan fingerprint density at radius 3 is 2.36 bits per heavy atom. The van der Waals surface area contributed by atoms with Crippen molar-refractivity contribution in [2.45, 2.75) is 29.7 Å². The van der Waals surface area contributed by atoms with E-state index in [1.54, 1.807) is 66.7 Å². The van der Waals surface area contributed by atoms with Crippen LogP contribution in [0.2, 0.25) is 0 Å². The van der Waals surface area contributed by atoms with Crippen molar-refractivity contribution in [1.29, 1.82) is 0 Å². The van der Waals surface area contributed by atoms with Gasteiger partial charge in [0, 0.05) is 15.8 Å². The number of halogens is 2. The van der Waals surface area contributed by atoms with E-state index >= 15 is 0 Å². The second-order valence-corrected chi connectivity index (χ2v) is 13.3. The van der Waals surface area contributed by atoms with Gasteiger partial charge in [-0.05, 0) is 71.6 Å². The number of rotatable bonds is 9. The van der Waals surface area contributed by atoms with Gasteiger partial charge < -0.3 is 9.84 Å². The molecule has 1 N–H and O–H groups in total. The average molecular weight is 703 g/mol. The fraction of sp³-hybridized carbons (Fsp3) is 0.118. The third-order valence-corrected chi connectivity index (χ3v) is 9.96. The summed E-state index contributed by atoms with van der Waals surface area (Å²) in [5.41, 5.74) is 3.60. The molecule has 7 nitrogen and oxygen atoms in total. The summed E-state index contributed by atoms with van der Waals surface area (Å²) in [6.07, 6.45) is 0. The molecule has 1 atom stereocenters. The van der Waals surface area contributed by atoms with E-state index in [0.717, 1.165) is 26.9 Å². The lowest BCUT2D eigenvalue weighted by Crippen LogP contribution is -2.29. The Balaban J connectivity index is 1.30. The molecule has 45 heavy (non-hydrogen) atoms. The summed E-state index contributed by atoms with van der Waals surface area (Å²) < 4.78 is 21.4. The molecular weight excluding hydrogens is 677 g/mol. The highest BCUT2D eigenvalue weighted by Crippen LogP contribution is 2.44. The van der Waals surface area contributed by atoms with Gasteiger partial charge in [-0.1, -0.05) is 93.6 Å². The standard InChI is InChI=1S/C34H25BrFN3O4S2/c1-20-6-2-3-7-23(20)18-43-26-16-12-22(13-17-26)30(40)28-29(21-10-14-25(35)15-11-21)39(32(42)31(28)41)33-37-38-34(45-33)44-19-24-8-4-5-9-27(24)36/h2-17,29,40H,18-19H2,1H3/b30-28+. The van der Waals surface area contributed by atoms with Crippen LogP contribution < -0.4 is 9.64 Å². The number of aliphatic hydroxyl groups excluding tert-OH is 1. The predicted octanol–water partition coefficient (Wildman–Crippen LogP) is 8.25. The highest BCUT2D eigenvalue weighted by molar-refractivity contribution is 9.10. The third-order valence-electron chi connectivity index (χ3n) is 7.32. The zero-order chi connectivity index (χ0) is 31.5. The number of Topliss-reactive ketones (excluding diaryl/α,β-unsaturated/α-hetero) is 1. The number of aromatic nitrogens is 2. The molecule has 1 unspecified atom stereocenters. The molecule has 1 amide bonds. The van der Waals surface area contributed by atoms with Crippen LogP contribution >= 0.6 is 39.0 Å². The van der Waals surface area contributed by atoms with E-state index in [1.807, 2.05) is 31.2 Å². The topological polar surface area (TPSA) is 92.6 Å². The molecule has 4 aromatic carbocycles. The number of aryl methyl sites for hydroxylation is 1. The molecule has 5 aromatic rings. The Bertz CT molecular complexity index is 1910. The fourth-order valence-electron chi connectivity index (χ4n) is 4.90. The van der Waals surface area contributed by atoms with Crippen LogP contribution in [0.15, 0.2) is 111 Å². The first kappa shape index (κ1) is 30.7. The summed E-state index contributed by atoms with van der Waals surface area (Å²) in [4.78, 5) is 28.3. The Morgan fingerprint density at radius 1 is 0.956 bits per heavy atom. The van der Waals surface area contributed by atoms with Gasteiger partial charge in [0.15, 0.2) is 4.34 Å². The molecule has 0 bridgehead atoms. The zero-order valence-electron chi connectivity index (χ0n) is 23.8. The third kappa shape index (κ3) is 6.56. The van der Waals surface area contributed by atoms with E-state index in [0.29, 0.717) is 39.1 Å². The molecule has 226 valence electrons.